The fourth-order valence-electron chi connectivity index (χ4n) is 2.56. The number of anilines is 2. The lowest BCUT2D eigenvalue weighted by molar-refractivity contribution is 0.524. The van der Waals surface area contributed by atoms with E-state index in [4.69, 9.17) is 0 Å². The topological polar surface area (TPSA) is 53.9 Å². The van der Waals surface area contributed by atoms with Crippen LogP contribution in [0.15, 0.2) is 35.1 Å². The molecule has 1 atom stereocenters. The van der Waals surface area contributed by atoms with Crippen LogP contribution in [-0.2, 0) is 0 Å². The van der Waals surface area contributed by atoms with Crippen molar-refractivity contribution in [2.45, 2.75) is 25.8 Å². The Morgan fingerprint density at radius 1 is 1.29 bits per heavy atom. The molecule has 3 heterocycles. The van der Waals surface area contributed by atoms with Crippen LogP contribution < -0.4 is 10.2 Å². The van der Waals surface area contributed by atoms with Crippen molar-refractivity contribution in [1.82, 2.24) is 15.0 Å². The number of hydrogen-bond donors (Lipinski definition) is 1. The molecule has 3 rings (SSSR count). The van der Waals surface area contributed by atoms with E-state index in [2.05, 4.69) is 47.2 Å². The highest BCUT2D eigenvalue weighted by molar-refractivity contribution is 9.10. The Kier molecular flexibility index (Phi) is 4.34. The molecule has 1 saturated heterocycles. The molecule has 0 amide bonds. The van der Waals surface area contributed by atoms with Gasteiger partial charge in [0, 0.05) is 41.7 Å². The Labute approximate surface area is 133 Å². The number of nitrogens with zero attached hydrogens (tertiary/aromatic N) is 4. The summed E-state index contributed by atoms with van der Waals surface area (Å²) in [6.45, 7) is 3.94. The van der Waals surface area contributed by atoms with Crippen molar-refractivity contribution in [2.24, 2.45) is 0 Å². The van der Waals surface area contributed by atoms with E-state index in [-0.39, 0.29) is 0 Å². The lowest BCUT2D eigenvalue weighted by Gasteiger charge is -2.34. The second-order valence-electron chi connectivity index (χ2n) is 5.29. The molecule has 0 radical (unpaired) electrons. The molecule has 2 aromatic heterocycles. The van der Waals surface area contributed by atoms with Gasteiger partial charge in [-0.2, -0.15) is 0 Å². The molecule has 1 aliphatic rings. The van der Waals surface area contributed by atoms with Gasteiger partial charge in [-0.05, 0) is 53.9 Å². The first-order valence-corrected chi connectivity index (χ1v) is 7.93. The summed E-state index contributed by atoms with van der Waals surface area (Å²) >= 11 is 3.42. The molecule has 0 aliphatic carbocycles. The molecule has 0 aromatic carbocycles. The summed E-state index contributed by atoms with van der Waals surface area (Å²) in [6, 6.07) is 6.34. The number of hydrogen-bond acceptors (Lipinski definition) is 5. The van der Waals surface area contributed by atoms with Crippen molar-refractivity contribution in [3.05, 3.63) is 40.8 Å². The van der Waals surface area contributed by atoms with Crippen LogP contribution in [0.1, 0.15) is 18.5 Å². The van der Waals surface area contributed by atoms with E-state index in [0.29, 0.717) is 12.0 Å². The van der Waals surface area contributed by atoms with Gasteiger partial charge in [-0.3, -0.25) is 0 Å². The third kappa shape index (κ3) is 3.69. The highest BCUT2D eigenvalue weighted by atomic mass is 79.9. The first-order chi connectivity index (χ1) is 10.2. The van der Waals surface area contributed by atoms with E-state index in [1.807, 2.05) is 25.3 Å². The maximum absolute atomic E-state index is 4.48. The highest BCUT2D eigenvalue weighted by Crippen LogP contribution is 2.20. The van der Waals surface area contributed by atoms with E-state index in [0.717, 1.165) is 41.9 Å². The summed E-state index contributed by atoms with van der Waals surface area (Å²) in [5.41, 5.74) is 0.981. The summed E-state index contributed by atoms with van der Waals surface area (Å²) in [7, 11) is 0. The van der Waals surface area contributed by atoms with Crippen molar-refractivity contribution in [3.63, 3.8) is 0 Å². The zero-order chi connectivity index (χ0) is 14.7. The van der Waals surface area contributed by atoms with Crippen LogP contribution >= 0.6 is 15.9 Å². The van der Waals surface area contributed by atoms with Crippen LogP contribution in [0.3, 0.4) is 0 Å². The Bertz CT molecular complexity index is 601. The maximum atomic E-state index is 4.48. The molecular weight excluding hydrogens is 330 g/mol. The van der Waals surface area contributed by atoms with E-state index in [1.54, 1.807) is 6.20 Å². The molecule has 5 nitrogen and oxygen atoms in total. The summed E-state index contributed by atoms with van der Waals surface area (Å²) < 4.78 is 1.01. The number of pyridine rings is 1. The number of aryl methyl sites for hydroxylation is 1. The minimum absolute atomic E-state index is 0.353. The average Bonchev–Trinajstić information content (AvgIpc) is 2.48. The smallest absolute Gasteiger partial charge is 0.223 e. The van der Waals surface area contributed by atoms with E-state index in [1.165, 1.54) is 0 Å². The molecule has 1 N–H and O–H groups in total. The zero-order valence-electron chi connectivity index (χ0n) is 12.0. The van der Waals surface area contributed by atoms with Gasteiger partial charge in [0.15, 0.2) is 0 Å². The van der Waals surface area contributed by atoms with Crippen LogP contribution in [0, 0.1) is 6.92 Å². The molecule has 0 bridgehead atoms. The zero-order valence-corrected chi connectivity index (χ0v) is 13.5. The van der Waals surface area contributed by atoms with Gasteiger partial charge in [0.1, 0.15) is 5.82 Å². The molecule has 1 aliphatic heterocycles. The van der Waals surface area contributed by atoms with Gasteiger partial charge < -0.3 is 10.2 Å². The summed E-state index contributed by atoms with van der Waals surface area (Å²) in [5, 5.41) is 3.43. The van der Waals surface area contributed by atoms with Crippen LogP contribution in [-0.4, -0.2) is 34.1 Å². The molecule has 6 heteroatoms. The molecule has 21 heavy (non-hydrogen) atoms. The van der Waals surface area contributed by atoms with Gasteiger partial charge in [0.25, 0.3) is 0 Å². The number of nitrogens with one attached hydrogen (secondary N) is 1. The minimum atomic E-state index is 0.353. The first-order valence-electron chi connectivity index (χ1n) is 7.13. The molecule has 2 aromatic rings. The van der Waals surface area contributed by atoms with Crippen LogP contribution in [0.25, 0.3) is 0 Å². The number of rotatable bonds is 3. The second-order valence-corrected chi connectivity index (χ2v) is 6.20. The fraction of sp³-hybridized carbons (Fsp3) is 0.400. The number of aromatic nitrogens is 3. The lowest BCUT2D eigenvalue weighted by Crippen LogP contribution is -2.42. The van der Waals surface area contributed by atoms with Crippen molar-refractivity contribution in [2.75, 3.05) is 23.3 Å². The predicted octanol–water partition coefficient (Wildman–Crippen LogP) is 3.02. The molecule has 1 unspecified atom stereocenters. The summed E-state index contributed by atoms with van der Waals surface area (Å²) in [4.78, 5) is 15.5. The molecule has 1 fully saturated rings. The predicted molar refractivity (Wildman–Crippen MR) is 87.6 cm³/mol. The van der Waals surface area contributed by atoms with Gasteiger partial charge >= 0.3 is 0 Å². The quantitative estimate of drug-likeness (QED) is 0.924. The van der Waals surface area contributed by atoms with Crippen LogP contribution in [0.4, 0.5) is 11.8 Å². The van der Waals surface area contributed by atoms with Gasteiger partial charge in [0.05, 0.1) is 0 Å². The third-order valence-electron chi connectivity index (χ3n) is 3.59. The van der Waals surface area contributed by atoms with Crippen molar-refractivity contribution >= 4 is 27.7 Å². The lowest BCUT2D eigenvalue weighted by atomic mass is 10.1. The van der Waals surface area contributed by atoms with Gasteiger partial charge in [-0.1, -0.05) is 0 Å². The first kappa shape index (κ1) is 14.3. The Morgan fingerprint density at radius 3 is 2.95 bits per heavy atom. The Morgan fingerprint density at radius 2 is 2.19 bits per heavy atom. The number of piperidine rings is 1. The Hall–Kier alpha value is -1.69. The van der Waals surface area contributed by atoms with E-state index in [9.17, 15) is 0 Å². The van der Waals surface area contributed by atoms with Gasteiger partial charge in [0.2, 0.25) is 5.95 Å². The minimum Gasteiger partial charge on any atom is -0.355 e. The standard InChI is InChI=1S/C15H18BrN5/c1-11-6-7-17-15(19-11)20-13-3-2-8-21(10-13)14-5-4-12(16)9-18-14/h4-7,9,13H,2-3,8,10H2,1H3,(H,17,19,20). The molecular formula is C15H18BrN5. The summed E-state index contributed by atoms with van der Waals surface area (Å²) in [6.07, 6.45) is 5.91. The fourth-order valence-corrected chi connectivity index (χ4v) is 2.79. The van der Waals surface area contributed by atoms with E-state index < -0.39 is 0 Å². The number of halogens is 1. The van der Waals surface area contributed by atoms with Crippen LogP contribution in [0.5, 0.6) is 0 Å². The van der Waals surface area contributed by atoms with Crippen molar-refractivity contribution in [1.29, 1.82) is 0 Å². The third-order valence-corrected chi connectivity index (χ3v) is 4.05. The van der Waals surface area contributed by atoms with Crippen molar-refractivity contribution < 1.29 is 0 Å². The molecule has 0 spiro atoms. The Balaban J connectivity index is 1.67. The molecule has 110 valence electrons. The normalized spacial score (nSPS) is 18.6. The second kappa shape index (κ2) is 6.39. The van der Waals surface area contributed by atoms with Crippen molar-refractivity contribution in [3.8, 4) is 0 Å². The van der Waals surface area contributed by atoms with Gasteiger partial charge in [-0.25, -0.2) is 15.0 Å². The van der Waals surface area contributed by atoms with Gasteiger partial charge in [-0.15, -0.1) is 0 Å². The van der Waals surface area contributed by atoms with E-state index >= 15 is 0 Å². The van der Waals surface area contributed by atoms with Crippen LogP contribution in [0.2, 0.25) is 0 Å². The highest BCUT2D eigenvalue weighted by Gasteiger charge is 2.21. The average molecular weight is 348 g/mol. The molecule has 0 saturated carbocycles. The largest absolute Gasteiger partial charge is 0.355 e. The monoisotopic (exact) mass is 347 g/mol. The SMILES string of the molecule is Cc1ccnc(NC2CCCN(c3ccc(Br)cn3)C2)n1. The summed E-state index contributed by atoms with van der Waals surface area (Å²) in [5.74, 6) is 1.74. The maximum Gasteiger partial charge on any atom is 0.223 e.